The van der Waals surface area contributed by atoms with Gasteiger partial charge in [-0.25, -0.2) is 9.97 Å². The first kappa shape index (κ1) is 16.4. The van der Waals surface area contributed by atoms with Crippen LogP contribution in [0.25, 0.3) is 11.4 Å². The zero-order valence-electron chi connectivity index (χ0n) is 12.5. The molecule has 0 spiro atoms. The molecule has 0 saturated heterocycles. The van der Waals surface area contributed by atoms with E-state index in [-0.39, 0.29) is 0 Å². The molecule has 0 amide bonds. The van der Waals surface area contributed by atoms with Gasteiger partial charge in [0.1, 0.15) is 0 Å². The van der Waals surface area contributed by atoms with Crippen molar-refractivity contribution < 1.29 is 13.2 Å². The molecule has 1 heterocycles. The highest BCUT2D eigenvalue weighted by molar-refractivity contribution is 5.56. The number of hydrogen-bond donors (Lipinski definition) is 1. The first-order valence-corrected chi connectivity index (χ1v) is 7.04. The van der Waals surface area contributed by atoms with Gasteiger partial charge in [0.15, 0.2) is 5.82 Å². The van der Waals surface area contributed by atoms with Crippen LogP contribution in [-0.4, -0.2) is 16.5 Å². The Hall–Kier alpha value is -1.95. The van der Waals surface area contributed by atoms with Crippen molar-refractivity contribution >= 4 is 0 Å². The van der Waals surface area contributed by atoms with E-state index >= 15 is 0 Å². The van der Waals surface area contributed by atoms with Crippen LogP contribution in [0.15, 0.2) is 24.3 Å². The van der Waals surface area contributed by atoms with E-state index in [0.717, 1.165) is 41.9 Å². The number of aromatic nitrogens is 2. The molecule has 0 unspecified atom stereocenters. The van der Waals surface area contributed by atoms with Crippen molar-refractivity contribution in [2.75, 3.05) is 6.54 Å². The van der Waals surface area contributed by atoms with Gasteiger partial charge >= 0.3 is 6.18 Å². The molecule has 0 saturated carbocycles. The summed E-state index contributed by atoms with van der Waals surface area (Å²) in [6.45, 7) is 4.36. The Morgan fingerprint density at radius 2 is 1.55 bits per heavy atom. The fourth-order valence-electron chi connectivity index (χ4n) is 2.32. The van der Waals surface area contributed by atoms with E-state index in [4.69, 9.17) is 5.73 Å². The predicted molar refractivity (Wildman–Crippen MR) is 79.3 cm³/mol. The van der Waals surface area contributed by atoms with Crippen molar-refractivity contribution in [3.63, 3.8) is 0 Å². The van der Waals surface area contributed by atoms with E-state index in [2.05, 4.69) is 9.97 Å². The highest BCUT2D eigenvalue weighted by atomic mass is 19.4. The number of benzene rings is 1. The van der Waals surface area contributed by atoms with Gasteiger partial charge in [-0.1, -0.05) is 12.1 Å². The Kier molecular flexibility index (Phi) is 4.81. The van der Waals surface area contributed by atoms with Gasteiger partial charge in [-0.2, -0.15) is 13.2 Å². The fourth-order valence-corrected chi connectivity index (χ4v) is 2.32. The number of nitrogens with zero attached hydrogens (tertiary/aromatic N) is 2. The topological polar surface area (TPSA) is 51.8 Å². The number of alkyl halides is 3. The standard InChI is InChI=1S/C16H18F3N3/c1-10-14(4-3-9-20)11(2)22-15(21-10)12-5-7-13(8-6-12)16(17,18)19/h5-8H,3-4,9,20H2,1-2H3. The van der Waals surface area contributed by atoms with E-state index in [9.17, 15) is 13.2 Å². The minimum atomic E-state index is -4.34. The summed E-state index contributed by atoms with van der Waals surface area (Å²) in [7, 11) is 0. The summed E-state index contributed by atoms with van der Waals surface area (Å²) < 4.78 is 37.7. The summed E-state index contributed by atoms with van der Waals surface area (Å²) in [5.41, 5.74) is 8.15. The maximum Gasteiger partial charge on any atom is 0.416 e. The first-order valence-electron chi connectivity index (χ1n) is 7.04. The summed E-state index contributed by atoms with van der Waals surface area (Å²) in [4.78, 5) is 8.83. The molecule has 6 heteroatoms. The van der Waals surface area contributed by atoms with Gasteiger partial charge in [0, 0.05) is 17.0 Å². The molecule has 0 bridgehead atoms. The highest BCUT2D eigenvalue weighted by Crippen LogP contribution is 2.30. The van der Waals surface area contributed by atoms with Crippen LogP contribution in [0.4, 0.5) is 13.2 Å². The van der Waals surface area contributed by atoms with E-state index in [0.29, 0.717) is 17.9 Å². The molecule has 0 atom stereocenters. The number of nitrogens with two attached hydrogens (primary N) is 1. The zero-order valence-corrected chi connectivity index (χ0v) is 12.5. The van der Waals surface area contributed by atoms with Crippen LogP contribution < -0.4 is 5.73 Å². The van der Waals surface area contributed by atoms with E-state index < -0.39 is 11.7 Å². The molecule has 2 rings (SSSR count). The summed E-state index contributed by atoms with van der Waals surface area (Å²) in [6, 6.07) is 4.89. The van der Waals surface area contributed by atoms with Crippen LogP contribution >= 0.6 is 0 Å². The quantitative estimate of drug-likeness (QED) is 0.937. The first-order chi connectivity index (χ1) is 10.3. The van der Waals surface area contributed by atoms with Crippen LogP contribution in [-0.2, 0) is 12.6 Å². The Morgan fingerprint density at radius 3 is 2.00 bits per heavy atom. The number of hydrogen-bond acceptors (Lipinski definition) is 3. The Bertz CT molecular complexity index is 626. The van der Waals surface area contributed by atoms with E-state index in [1.54, 1.807) is 0 Å². The second-order valence-corrected chi connectivity index (χ2v) is 5.16. The molecule has 118 valence electrons. The summed E-state index contributed by atoms with van der Waals surface area (Å²) in [5, 5.41) is 0. The van der Waals surface area contributed by atoms with Crippen molar-refractivity contribution in [1.29, 1.82) is 0 Å². The van der Waals surface area contributed by atoms with E-state index in [1.165, 1.54) is 12.1 Å². The monoisotopic (exact) mass is 309 g/mol. The summed E-state index contributed by atoms with van der Waals surface area (Å²) in [5.74, 6) is 0.445. The van der Waals surface area contributed by atoms with Gasteiger partial charge in [-0.3, -0.25) is 0 Å². The van der Waals surface area contributed by atoms with Gasteiger partial charge in [-0.05, 0) is 50.9 Å². The Balaban J connectivity index is 2.33. The van der Waals surface area contributed by atoms with Crippen LogP contribution in [0.1, 0.15) is 28.9 Å². The molecular weight excluding hydrogens is 291 g/mol. The van der Waals surface area contributed by atoms with Crippen molar-refractivity contribution in [3.8, 4) is 11.4 Å². The lowest BCUT2D eigenvalue weighted by Gasteiger charge is -2.11. The molecule has 3 nitrogen and oxygen atoms in total. The van der Waals surface area contributed by atoms with E-state index in [1.807, 2.05) is 13.8 Å². The van der Waals surface area contributed by atoms with Crippen molar-refractivity contribution in [3.05, 3.63) is 46.8 Å². The molecule has 0 aliphatic rings. The van der Waals surface area contributed by atoms with Gasteiger partial charge in [0.2, 0.25) is 0 Å². The third-order valence-electron chi connectivity index (χ3n) is 3.52. The number of aryl methyl sites for hydroxylation is 2. The number of halogens is 3. The second-order valence-electron chi connectivity index (χ2n) is 5.16. The third-order valence-corrected chi connectivity index (χ3v) is 3.52. The zero-order chi connectivity index (χ0) is 16.3. The molecule has 0 radical (unpaired) electrons. The van der Waals surface area contributed by atoms with Gasteiger partial charge < -0.3 is 5.73 Å². The lowest BCUT2D eigenvalue weighted by molar-refractivity contribution is -0.137. The normalized spacial score (nSPS) is 11.7. The molecule has 0 fully saturated rings. The smallest absolute Gasteiger partial charge is 0.330 e. The minimum Gasteiger partial charge on any atom is -0.330 e. The molecule has 22 heavy (non-hydrogen) atoms. The summed E-state index contributed by atoms with van der Waals surface area (Å²) in [6.07, 6.45) is -2.68. The average molecular weight is 309 g/mol. The molecular formula is C16H18F3N3. The second kappa shape index (κ2) is 6.44. The SMILES string of the molecule is Cc1nc(-c2ccc(C(F)(F)F)cc2)nc(C)c1CCCN. The van der Waals surface area contributed by atoms with Crippen molar-refractivity contribution in [1.82, 2.24) is 9.97 Å². The fraction of sp³-hybridized carbons (Fsp3) is 0.375. The molecule has 1 aromatic carbocycles. The lowest BCUT2D eigenvalue weighted by atomic mass is 10.1. The summed E-state index contributed by atoms with van der Waals surface area (Å²) >= 11 is 0. The van der Waals surface area contributed by atoms with Gasteiger partial charge in [0.05, 0.1) is 5.56 Å². The van der Waals surface area contributed by atoms with Crippen LogP contribution in [0.5, 0.6) is 0 Å². The molecule has 2 aromatic rings. The largest absolute Gasteiger partial charge is 0.416 e. The van der Waals surface area contributed by atoms with Crippen molar-refractivity contribution in [2.24, 2.45) is 5.73 Å². The van der Waals surface area contributed by atoms with Crippen LogP contribution in [0, 0.1) is 13.8 Å². The molecule has 2 N–H and O–H groups in total. The maximum absolute atomic E-state index is 12.6. The Morgan fingerprint density at radius 1 is 1.00 bits per heavy atom. The van der Waals surface area contributed by atoms with Crippen molar-refractivity contribution in [2.45, 2.75) is 32.9 Å². The van der Waals surface area contributed by atoms with Crippen LogP contribution in [0.3, 0.4) is 0 Å². The maximum atomic E-state index is 12.6. The van der Waals surface area contributed by atoms with Gasteiger partial charge in [0.25, 0.3) is 0 Å². The van der Waals surface area contributed by atoms with Gasteiger partial charge in [-0.15, -0.1) is 0 Å². The van der Waals surface area contributed by atoms with Crippen LogP contribution in [0.2, 0.25) is 0 Å². The third kappa shape index (κ3) is 3.62. The Labute approximate surface area is 127 Å². The highest BCUT2D eigenvalue weighted by Gasteiger charge is 2.30. The molecule has 0 aliphatic carbocycles. The lowest BCUT2D eigenvalue weighted by Crippen LogP contribution is -2.07. The molecule has 0 aliphatic heterocycles. The minimum absolute atomic E-state index is 0.445. The predicted octanol–water partition coefficient (Wildman–Crippen LogP) is 3.67. The number of rotatable bonds is 4. The average Bonchev–Trinajstić information content (AvgIpc) is 2.45. The molecule has 1 aromatic heterocycles.